The first-order valence-electron chi connectivity index (χ1n) is 7.62. The van der Waals surface area contributed by atoms with Gasteiger partial charge >= 0.3 is 0 Å². The van der Waals surface area contributed by atoms with Crippen molar-refractivity contribution < 1.29 is 4.74 Å². The number of aryl methyl sites for hydroxylation is 2. The summed E-state index contributed by atoms with van der Waals surface area (Å²) in [6, 6.07) is 14.9. The minimum Gasteiger partial charge on any atom is -0.377 e. The Morgan fingerprint density at radius 3 is 2.19 bits per heavy atom. The summed E-state index contributed by atoms with van der Waals surface area (Å²) in [6.07, 6.45) is 0. The zero-order chi connectivity index (χ0) is 15.1. The van der Waals surface area contributed by atoms with Crippen LogP contribution in [0.25, 0.3) is 0 Å². The van der Waals surface area contributed by atoms with Crippen molar-refractivity contribution in [2.75, 3.05) is 6.61 Å². The Balaban J connectivity index is 1.97. The zero-order valence-corrected chi connectivity index (χ0v) is 13.3. The maximum atomic E-state index is 5.54. The summed E-state index contributed by atoms with van der Waals surface area (Å²) in [5.74, 6) is 0. The highest BCUT2D eigenvalue weighted by Gasteiger charge is 2.04. The van der Waals surface area contributed by atoms with E-state index in [1.807, 2.05) is 6.92 Å². The van der Waals surface area contributed by atoms with E-state index in [0.717, 1.165) is 19.7 Å². The number of hydrogen-bond acceptors (Lipinski definition) is 2. The van der Waals surface area contributed by atoms with Crippen molar-refractivity contribution in [3.63, 3.8) is 0 Å². The molecule has 0 aliphatic rings. The predicted molar refractivity (Wildman–Crippen MR) is 88.2 cm³/mol. The molecule has 2 aromatic rings. The maximum absolute atomic E-state index is 5.54. The lowest BCUT2D eigenvalue weighted by molar-refractivity contribution is 0.133. The molecule has 2 rings (SSSR count). The van der Waals surface area contributed by atoms with Gasteiger partial charge in [-0.25, -0.2) is 0 Å². The molecule has 112 valence electrons. The molecule has 0 aliphatic carbocycles. The number of rotatable bonds is 7. The Hall–Kier alpha value is -1.64. The molecule has 0 fully saturated rings. The summed E-state index contributed by atoms with van der Waals surface area (Å²) in [7, 11) is 0. The Labute approximate surface area is 128 Å². The van der Waals surface area contributed by atoms with Crippen LogP contribution in [-0.4, -0.2) is 6.61 Å². The predicted octanol–water partition coefficient (Wildman–Crippen LogP) is 4.13. The highest BCUT2D eigenvalue weighted by atomic mass is 16.5. The van der Waals surface area contributed by atoms with Crippen molar-refractivity contribution in [1.29, 1.82) is 0 Å². The molecule has 0 spiro atoms. The average Bonchev–Trinajstić information content (AvgIpc) is 2.49. The summed E-state index contributed by atoms with van der Waals surface area (Å²) in [5.41, 5.74) is 6.69. The monoisotopic (exact) mass is 283 g/mol. The molecule has 2 nitrogen and oxygen atoms in total. The van der Waals surface area contributed by atoms with Gasteiger partial charge in [-0.2, -0.15) is 0 Å². The summed E-state index contributed by atoms with van der Waals surface area (Å²) in [4.78, 5) is 0. The van der Waals surface area contributed by atoms with Crippen LogP contribution in [0.5, 0.6) is 0 Å². The van der Waals surface area contributed by atoms with Crippen molar-refractivity contribution >= 4 is 0 Å². The standard InChI is InChI=1S/C19H25NO/c1-4-21-14-18-11-6-5-10-17(18)12-20-13-19-15(2)8-7-9-16(19)3/h5-11,20H,4,12-14H2,1-3H3. The number of nitrogens with one attached hydrogen (secondary N) is 1. The average molecular weight is 283 g/mol. The fourth-order valence-corrected chi connectivity index (χ4v) is 2.53. The van der Waals surface area contributed by atoms with Gasteiger partial charge in [-0.3, -0.25) is 0 Å². The second kappa shape index (κ2) is 7.96. The van der Waals surface area contributed by atoms with Crippen LogP contribution in [-0.2, 0) is 24.4 Å². The summed E-state index contributed by atoms with van der Waals surface area (Å²) >= 11 is 0. The van der Waals surface area contributed by atoms with Gasteiger partial charge in [0, 0.05) is 19.7 Å². The van der Waals surface area contributed by atoms with Gasteiger partial charge in [0.25, 0.3) is 0 Å². The van der Waals surface area contributed by atoms with E-state index in [1.54, 1.807) is 0 Å². The van der Waals surface area contributed by atoms with Crippen LogP contribution in [0.15, 0.2) is 42.5 Å². The van der Waals surface area contributed by atoms with Gasteiger partial charge in [-0.15, -0.1) is 0 Å². The molecular weight excluding hydrogens is 258 g/mol. The lowest BCUT2D eigenvalue weighted by Crippen LogP contribution is -2.15. The van der Waals surface area contributed by atoms with Gasteiger partial charge in [0.15, 0.2) is 0 Å². The minimum atomic E-state index is 0.692. The molecule has 0 bridgehead atoms. The fourth-order valence-electron chi connectivity index (χ4n) is 2.53. The van der Waals surface area contributed by atoms with E-state index in [0.29, 0.717) is 6.61 Å². The third-order valence-electron chi connectivity index (χ3n) is 3.84. The van der Waals surface area contributed by atoms with Gasteiger partial charge < -0.3 is 10.1 Å². The van der Waals surface area contributed by atoms with Crippen molar-refractivity contribution in [3.05, 3.63) is 70.3 Å². The molecule has 0 radical (unpaired) electrons. The fraction of sp³-hybridized carbons (Fsp3) is 0.368. The first-order chi connectivity index (χ1) is 10.2. The summed E-state index contributed by atoms with van der Waals surface area (Å²) in [5, 5.41) is 3.56. The molecule has 1 N–H and O–H groups in total. The molecule has 2 heteroatoms. The summed E-state index contributed by atoms with van der Waals surface area (Å²) < 4.78 is 5.54. The van der Waals surface area contributed by atoms with E-state index >= 15 is 0 Å². The molecule has 0 atom stereocenters. The Morgan fingerprint density at radius 2 is 1.52 bits per heavy atom. The van der Waals surface area contributed by atoms with Crippen LogP contribution in [0, 0.1) is 13.8 Å². The van der Waals surface area contributed by atoms with E-state index in [9.17, 15) is 0 Å². The largest absolute Gasteiger partial charge is 0.377 e. The maximum Gasteiger partial charge on any atom is 0.0719 e. The highest BCUT2D eigenvalue weighted by molar-refractivity contribution is 5.33. The van der Waals surface area contributed by atoms with Crippen LogP contribution in [0.3, 0.4) is 0 Å². The van der Waals surface area contributed by atoms with E-state index in [-0.39, 0.29) is 0 Å². The number of ether oxygens (including phenoxy) is 1. The molecule has 2 aromatic carbocycles. The first-order valence-corrected chi connectivity index (χ1v) is 7.62. The highest BCUT2D eigenvalue weighted by Crippen LogP contribution is 2.14. The molecule has 0 heterocycles. The van der Waals surface area contributed by atoms with Crippen molar-refractivity contribution in [2.24, 2.45) is 0 Å². The van der Waals surface area contributed by atoms with Gasteiger partial charge in [0.2, 0.25) is 0 Å². The van der Waals surface area contributed by atoms with Crippen LogP contribution in [0.4, 0.5) is 0 Å². The molecule has 0 aliphatic heterocycles. The van der Waals surface area contributed by atoms with Crippen LogP contribution in [0.1, 0.15) is 34.7 Å². The van der Waals surface area contributed by atoms with Crippen LogP contribution < -0.4 is 5.32 Å². The van der Waals surface area contributed by atoms with Crippen LogP contribution >= 0.6 is 0 Å². The van der Waals surface area contributed by atoms with Gasteiger partial charge in [-0.1, -0.05) is 42.5 Å². The normalized spacial score (nSPS) is 10.8. The topological polar surface area (TPSA) is 21.3 Å². The van der Waals surface area contributed by atoms with E-state index in [1.165, 1.54) is 27.8 Å². The van der Waals surface area contributed by atoms with E-state index < -0.39 is 0 Å². The zero-order valence-electron chi connectivity index (χ0n) is 13.3. The smallest absolute Gasteiger partial charge is 0.0719 e. The van der Waals surface area contributed by atoms with Crippen LogP contribution in [0.2, 0.25) is 0 Å². The molecule has 0 amide bonds. The van der Waals surface area contributed by atoms with Crippen molar-refractivity contribution in [2.45, 2.75) is 40.5 Å². The second-order valence-corrected chi connectivity index (χ2v) is 5.38. The van der Waals surface area contributed by atoms with Crippen molar-refractivity contribution in [3.8, 4) is 0 Å². The molecular formula is C19H25NO. The third-order valence-corrected chi connectivity index (χ3v) is 3.84. The first kappa shape index (κ1) is 15.7. The Bertz CT molecular complexity index is 557. The third kappa shape index (κ3) is 4.42. The SMILES string of the molecule is CCOCc1ccccc1CNCc1c(C)cccc1C. The van der Waals surface area contributed by atoms with Crippen molar-refractivity contribution in [1.82, 2.24) is 5.32 Å². The summed E-state index contributed by atoms with van der Waals surface area (Å²) in [6.45, 7) is 9.60. The molecule has 0 saturated heterocycles. The quantitative estimate of drug-likeness (QED) is 0.825. The van der Waals surface area contributed by atoms with Gasteiger partial charge in [-0.05, 0) is 48.6 Å². The van der Waals surface area contributed by atoms with E-state index in [2.05, 4.69) is 61.6 Å². The minimum absolute atomic E-state index is 0.692. The molecule has 0 saturated carbocycles. The molecule has 0 unspecified atom stereocenters. The lowest BCUT2D eigenvalue weighted by atomic mass is 10.0. The van der Waals surface area contributed by atoms with Gasteiger partial charge in [0.1, 0.15) is 0 Å². The second-order valence-electron chi connectivity index (χ2n) is 5.38. The Kier molecular flexibility index (Phi) is 5.97. The molecule has 21 heavy (non-hydrogen) atoms. The lowest BCUT2D eigenvalue weighted by Gasteiger charge is -2.13. The number of hydrogen-bond donors (Lipinski definition) is 1. The van der Waals surface area contributed by atoms with E-state index in [4.69, 9.17) is 4.74 Å². The number of benzene rings is 2. The van der Waals surface area contributed by atoms with Gasteiger partial charge in [0.05, 0.1) is 6.61 Å². The Morgan fingerprint density at radius 1 is 0.857 bits per heavy atom. The molecule has 0 aromatic heterocycles.